The van der Waals surface area contributed by atoms with Crippen LogP contribution in [0.5, 0.6) is 5.75 Å². The van der Waals surface area contributed by atoms with Gasteiger partial charge in [-0.05, 0) is 55.5 Å². The van der Waals surface area contributed by atoms with E-state index < -0.39 is 59.6 Å². The molecule has 0 unspecified atom stereocenters. The Kier molecular flexibility index (Phi) is 9.94. The first-order valence-electron chi connectivity index (χ1n) is 17.0. The van der Waals surface area contributed by atoms with Gasteiger partial charge in [0.05, 0.1) is 37.8 Å². The highest BCUT2D eigenvalue weighted by Crippen LogP contribution is 2.54. The van der Waals surface area contributed by atoms with Crippen LogP contribution in [-0.4, -0.2) is 83.8 Å². The van der Waals surface area contributed by atoms with Crippen LogP contribution >= 0.6 is 0 Å². The molecule has 2 N–H and O–H groups in total. The Morgan fingerprint density at radius 1 is 1.02 bits per heavy atom. The van der Waals surface area contributed by atoms with Crippen LogP contribution in [0.3, 0.4) is 0 Å². The molecule has 49 heavy (non-hydrogen) atoms. The SMILES string of the molecule is COc1ccc(N2CC=C[C@]34O[C@@H]5/C=C\CCC(=O)N[C@H](C)[C@@H](c6ccccc6)OC(=O)[C@@H]5[C@H]3C(=O)N([C@@H](CO)CC(C)C)[C@@H]4C2=O)cc1. The maximum absolute atomic E-state index is 14.9. The molecule has 2 saturated heterocycles. The van der Waals surface area contributed by atoms with Crippen LogP contribution in [0.15, 0.2) is 78.9 Å². The Bertz CT molecular complexity index is 1610. The zero-order valence-corrected chi connectivity index (χ0v) is 28.4. The van der Waals surface area contributed by atoms with Gasteiger partial charge in [-0.25, -0.2) is 0 Å². The molecule has 2 aromatic carbocycles. The highest BCUT2D eigenvalue weighted by atomic mass is 16.6. The van der Waals surface area contributed by atoms with Gasteiger partial charge in [0.1, 0.15) is 29.4 Å². The van der Waals surface area contributed by atoms with Crippen molar-refractivity contribution in [3.63, 3.8) is 0 Å². The predicted octanol–water partition coefficient (Wildman–Crippen LogP) is 3.73. The summed E-state index contributed by atoms with van der Waals surface area (Å²) in [5.74, 6) is -3.16. The number of benzene rings is 2. The van der Waals surface area contributed by atoms with Gasteiger partial charge in [-0.3, -0.25) is 19.2 Å². The third kappa shape index (κ3) is 6.37. The fourth-order valence-electron chi connectivity index (χ4n) is 7.85. The van der Waals surface area contributed by atoms with Crippen molar-refractivity contribution in [2.24, 2.45) is 17.8 Å². The maximum atomic E-state index is 14.9. The summed E-state index contributed by atoms with van der Waals surface area (Å²) < 4.78 is 18.4. The number of rotatable bonds is 7. The minimum atomic E-state index is -1.53. The van der Waals surface area contributed by atoms with E-state index in [4.69, 9.17) is 14.2 Å². The van der Waals surface area contributed by atoms with Gasteiger partial charge in [0.25, 0.3) is 5.91 Å². The van der Waals surface area contributed by atoms with Crippen molar-refractivity contribution < 1.29 is 38.5 Å². The first-order chi connectivity index (χ1) is 23.6. The van der Waals surface area contributed by atoms with Gasteiger partial charge in [0.15, 0.2) is 0 Å². The lowest BCUT2D eigenvalue weighted by Crippen LogP contribution is -2.58. The number of ether oxygens (including phenoxy) is 3. The topological polar surface area (TPSA) is 135 Å². The van der Waals surface area contributed by atoms with E-state index in [1.165, 1.54) is 4.90 Å². The van der Waals surface area contributed by atoms with Crippen LogP contribution in [0.25, 0.3) is 0 Å². The zero-order chi connectivity index (χ0) is 34.9. The number of nitrogens with zero attached hydrogens (tertiary/aromatic N) is 2. The van der Waals surface area contributed by atoms with Crippen LogP contribution in [0.4, 0.5) is 5.69 Å². The van der Waals surface area contributed by atoms with Crippen LogP contribution in [-0.2, 0) is 28.7 Å². The molecule has 2 fully saturated rings. The molecule has 0 bridgehead atoms. The highest BCUT2D eigenvalue weighted by Gasteiger charge is 2.72. The van der Waals surface area contributed by atoms with Crippen molar-refractivity contribution in [1.29, 1.82) is 0 Å². The summed E-state index contributed by atoms with van der Waals surface area (Å²) in [7, 11) is 1.57. The molecule has 11 nitrogen and oxygen atoms in total. The molecule has 1 spiro atoms. The van der Waals surface area contributed by atoms with E-state index in [1.54, 1.807) is 61.4 Å². The molecule has 0 saturated carbocycles. The van der Waals surface area contributed by atoms with Gasteiger partial charge in [0.2, 0.25) is 11.8 Å². The van der Waals surface area contributed by atoms with Crippen LogP contribution in [0.2, 0.25) is 0 Å². The van der Waals surface area contributed by atoms with E-state index >= 15 is 0 Å². The Labute approximate surface area is 286 Å². The minimum Gasteiger partial charge on any atom is -0.497 e. The number of anilines is 1. The summed E-state index contributed by atoms with van der Waals surface area (Å²) in [4.78, 5) is 60.1. The second kappa shape index (κ2) is 14.2. The smallest absolute Gasteiger partial charge is 0.313 e. The monoisotopic (exact) mass is 671 g/mol. The van der Waals surface area contributed by atoms with Crippen LogP contribution < -0.4 is 15.0 Å². The molecule has 0 aromatic heterocycles. The number of likely N-dealkylation sites (tertiary alicyclic amines) is 1. The number of fused-ring (bicyclic) bond motifs is 2. The number of cyclic esters (lactones) is 1. The second-order valence-electron chi connectivity index (χ2n) is 13.7. The second-order valence-corrected chi connectivity index (χ2v) is 13.7. The van der Waals surface area contributed by atoms with Crippen molar-refractivity contribution in [3.05, 3.63) is 84.5 Å². The molecule has 4 aliphatic heterocycles. The van der Waals surface area contributed by atoms with Gasteiger partial charge < -0.3 is 34.4 Å². The molecule has 6 rings (SSSR count). The Hall–Kier alpha value is -4.48. The number of carbonyl (C=O) groups is 4. The van der Waals surface area contributed by atoms with Crippen LogP contribution in [0, 0.1) is 17.8 Å². The summed E-state index contributed by atoms with van der Waals surface area (Å²) in [6.45, 7) is 5.60. The number of allylic oxidation sites excluding steroid dienone is 1. The predicted molar refractivity (Wildman–Crippen MR) is 181 cm³/mol. The zero-order valence-electron chi connectivity index (χ0n) is 28.4. The minimum absolute atomic E-state index is 0.0988. The fourth-order valence-corrected chi connectivity index (χ4v) is 7.85. The van der Waals surface area contributed by atoms with Crippen molar-refractivity contribution in [2.75, 3.05) is 25.2 Å². The van der Waals surface area contributed by atoms with Crippen molar-refractivity contribution >= 4 is 29.4 Å². The van der Waals surface area contributed by atoms with E-state index in [0.717, 1.165) is 0 Å². The molecule has 4 aliphatic rings. The number of aliphatic hydroxyl groups is 1. The van der Waals surface area contributed by atoms with Gasteiger partial charge in [0, 0.05) is 18.7 Å². The summed E-state index contributed by atoms with van der Waals surface area (Å²) >= 11 is 0. The number of aliphatic hydroxyl groups excluding tert-OH is 1. The van der Waals surface area contributed by atoms with E-state index in [1.807, 2.05) is 50.3 Å². The molecule has 8 atom stereocenters. The molecule has 0 radical (unpaired) electrons. The van der Waals surface area contributed by atoms with E-state index in [0.29, 0.717) is 29.8 Å². The van der Waals surface area contributed by atoms with Crippen molar-refractivity contribution in [3.8, 4) is 5.75 Å². The maximum Gasteiger partial charge on any atom is 0.313 e. The summed E-state index contributed by atoms with van der Waals surface area (Å²) in [5, 5.41) is 13.6. The Morgan fingerprint density at radius 2 is 1.76 bits per heavy atom. The average molecular weight is 672 g/mol. The number of esters is 1. The Balaban J connectivity index is 1.46. The van der Waals surface area contributed by atoms with Gasteiger partial charge >= 0.3 is 5.97 Å². The van der Waals surface area contributed by atoms with E-state index in [2.05, 4.69) is 5.32 Å². The molecule has 0 aliphatic carbocycles. The summed E-state index contributed by atoms with van der Waals surface area (Å²) in [6.07, 6.45) is 6.34. The molecular formula is C38H45N3O8. The number of hydrogen-bond acceptors (Lipinski definition) is 8. The molecular weight excluding hydrogens is 626 g/mol. The number of hydrogen-bond donors (Lipinski definition) is 2. The van der Waals surface area contributed by atoms with Crippen LogP contribution in [0.1, 0.15) is 51.7 Å². The quantitative estimate of drug-likeness (QED) is 0.336. The lowest BCUT2D eigenvalue weighted by atomic mass is 9.77. The van der Waals surface area contributed by atoms with Gasteiger partial charge in [-0.1, -0.05) is 68.5 Å². The summed E-state index contributed by atoms with van der Waals surface area (Å²) in [6, 6.07) is 13.8. The Morgan fingerprint density at radius 3 is 2.43 bits per heavy atom. The number of carbonyl (C=O) groups excluding carboxylic acids is 4. The molecule has 3 amide bonds. The number of nitrogens with one attached hydrogen (secondary N) is 1. The van der Waals surface area contributed by atoms with Crippen molar-refractivity contribution in [1.82, 2.24) is 10.2 Å². The molecule has 11 heteroatoms. The third-order valence-corrected chi connectivity index (χ3v) is 10.0. The first kappa shape index (κ1) is 34.4. The molecule has 2 aromatic rings. The normalized spacial score (nSPS) is 31.5. The van der Waals surface area contributed by atoms with E-state index in [-0.39, 0.29) is 37.3 Å². The van der Waals surface area contributed by atoms with E-state index in [9.17, 15) is 24.3 Å². The standard InChI is InChI=1S/C38H45N3O8/c1-23(2)21-27(22-42)41-34-36(45)40(26-15-17-28(47-4)18-16-26)20-10-19-38(34)32(35(41)44)31-29(49-38)13-8-9-14-30(43)39-24(3)33(48-37(31)46)25-11-6-5-7-12-25/h5-8,10-13,15-19,23-24,27,29,31-34,42H,9,14,20-22H2,1-4H3,(H,39,43)/b13-8-/t24-,27-,29-,31+,32+,33+,34-,38+/m1/s1. The lowest BCUT2D eigenvalue weighted by Gasteiger charge is -2.39. The van der Waals surface area contributed by atoms with Crippen molar-refractivity contribution in [2.45, 2.75) is 76.0 Å². The lowest BCUT2D eigenvalue weighted by molar-refractivity contribution is -0.162. The third-order valence-electron chi connectivity index (χ3n) is 10.0. The van der Waals surface area contributed by atoms with Gasteiger partial charge in [-0.2, -0.15) is 0 Å². The number of amides is 3. The highest BCUT2D eigenvalue weighted by molar-refractivity contribution is 6.05. The largest absolute Gasteiger partial charge is 0.497 e. The molecule has 4 heterocycles. The average Bonchev–Trinajstić information content (AvgIpc) is 3.48. The van der Waals surface area contributed by atoms with Gasteiger partial charge in [-0.15, -0.1) is 0 Å². The fraction of sp³-hybridized carbons (Fsp3) is 0.474. The first-order valence-corrected chi connectivity index (χ1v) is 17.0. The molecule has 260 valence electrons. The number of methoxy groups -OCH3 is 1. The summed E-state index contributed by atoms with van der Waals surface area (Å²) in [5.41, 5.74) is -0.232.